The molecule has 1 aromatic heterocycles. The minimum Gasteiger partial charge on any atom is -0.404 e. The van der Waals surface area contributed by atoms with Crippen LogP contribution >= 0.6 is 7.82 Å². The van der Waals surface area contributed by atoms with E-state index in [0.29, 0.717) is 4.57 Å². The number of alkyl halides is 2. The molecule has 0 saturated carbocycles. The Hall–Kier alpha value is -2.33. The van der Waals surface area contributed by atoms with Crippen molar-refractivity contribution < 1.29 is 31.7 Å². The molecule has 0 radical (unpaired) electrons. The SMILES string of the molecule is Cc1cc(C)cc(OP2(=O)OC[C@H]3O[C@@H](n4ccc(N)nc4=O)C(F)(F)[C@@H]3O2)c1. The molecule has 0 spiro atoms. The maximum atomic E-state index is 15.0. The van der Waals surface area contributed by atoms with E-state index in [9.17, 15) is 9.36 Å². The fraction of sp³-hybridized carbons (Fsp3) is 0.412. The fourth-order valence-electron chi connectivity index (χ4n) is 3.33. The van der Waals surface area contributed by atoms with Crippen molar-refractivity contribution in [2.45, 2.75) is 38.2 Å². The van der Waals surface area contributed by atoms with Crippen LogP contribution in [0.2, 0.25) is 0 Å². The monoisotopic (exact) mass is 429 g/mol. The maximum absolute atomic E-state index is 15.0. The van der Waals surface area contributed by atoms with Crippen LogP contribution in [0.3, 0.4) is 0 Å². The van der Waals surface area contributed by atoms with Crippen molar-refractivity contribution in [1.82, 2.24) is 9.55 Å². The third-order valence-corrected chi connectivity index (χ3v) is 5.89. The lowest BCUT2D eigenvalue weighted by molar-refractivity contribution is -0.137. The van der Waals surface area contributed by atoms with Gasteiger partial charge in [0.25, 0.3) is 0 Å². The molecule has 0 bridgehead atoms. The van der Waals surface area contributed by atoms with Crippen LogP contribution in [0.15, 0.2) is 35.3 Å². The Bertz CT molecular complexity index is 1040. The van der Waals surface area contributed by atoms with Gasteiger partial charge >= 0.3 is 19.4 Å². The number of fused-ring (bicyclic) bond motifs is 1. The molecule has 2 aliphatic rings. The standard InChI is InChI=1S/C17H18F2N3O6P/c1-9-5-10(2)7-11(6-9)27-29(24)25-8-12-14(28-29)17(18,19)15(26-12)22-4-3-13(20)21-16(22)23/h3-7,12,14-15H,8H2,1-2H3,(H2,20,21,23)/t12-,14-,15-,29?/m1/s1. The Kier molecular flexibility index (Phi) is 4.73. The Labute approximate surface area is 164 Å². The summed E-state index contributed by atoms with van der Waals surface area (Å²) >= 11 is 0. The number of rotatable bonds is 3. The molecule has 2 N–H and O–H groups in total. The lowest BCUT2D eigenvalue weighted by Gasteiger charge is -2.31. The average Bonchev–Trinajstić information content (AvgIpc) is 2.84. The van der Waals surface area contributed by atoms with Crippen molar-refractivity contribution >= 4 is 13.6 Å². The molecule has 2 fully saturated rings. The molecule has 4 atom stereocenters. The molecular weight excluding hydrogens is 411 g/mol. The number of nitrogens with zero attached hydrogens (tertiary/aromatic N) is 2. The van der Waals surface area contributed by atoms with Crippen molar-refractivity contribution in [3.05, 3.63) is 52.1 Å². The number of anilines is 1. The number of phosphoric acid groups is 1. The van der Waals surface area contributed by atoms with Crippen molar-refractivity contribution in [2.24, 2.45) is 0 Å². The number of nitrogens with two attached hydrogens (primary N) is 1. The van der Waals surface area contributed by atoms with E-state index >= 15 is 8.78 Å². The molecule has 4 rings (SSSR count). The smallest absolute Gasteiger partial charge is 0.404 e. The second-order valence-electron chi connectivity index (χ2n) is 6.93. The first-order valence-corrected chi connectivity index (χ1v) is 10.1. The van der Waals surface area contributed by atoms with Crippen molar-refractivity contribution in [2.75, 3.05) is 12.3 Å². The molecule has 2 saturated heterocycles. The number of aromatic nitrogens is 2. The molecule has 2 aromatic rings. The molecule has 1 unspecified atom stereocenters. The van der Waals surface area contributed by atoms with Gasteiger partial charge in [0.15, 0.2) is 6.10 Å². The van der Waals surface area contributed by atoms with Gasteiger partial charge in [-0.1, -0.05) is 6.07 Å². The molecule has 3 heterocycles. The van der Waals surface area contributed by atoms with Gasteiger partial charge in [-0.15, -0.1) is 0 Å². The van der Waals surface area contributed by atoms with Crippen LogP contribution in [0.25, 0.3) is 0 Å². The quantitative estimate of drug-likeness (QED) is 0.741. The summed E-state index contributed by atoms with van der Waals surface area (Å²) in [4.78, 5) is 15.4. The maximum Gasteiger partial charge on any atom is 0.530 e. The van der Waals surface area contributed by atoms with E-state index in [4.69, 9.17) is 24.0 Å². The van der Waals surface area contributed by atoms with Gasteiger partial charge in [0.05, 0.1) is 6.61 Å². The van der Waals surface area contributed by atoms with Crippen LogP contribution < -0.4 is 15.9 Å². The largest absolute Gasteiger partial charge is 0.530 e. The summed E-state index contributed by atoms with van der Waals surface area (Å²) in [5.41, 5.74) is 6.03. The number of halogens is 2. The number of ether oxygens (including phenoxy) is 1. The normalized spacial score (nSPS) is 30.7. The highest BCUT2D eigenvalue weighted by atomic mass is 31.2. The first kappa shape index (κ1) is 20.0. The van der Waals surface area contributed by atoms with Gasteiger partial charge in [0.2, 0.25) is 6.23 Å². The van der Waals surface area contributed by atoms with E-state index in [-0.39, 0.29) is 11.6 Å². The second kappa shape index (κ2) is 6.88. The van der Waals surface area contributed by atoms with Crippen molar-refractivity contribution in [3.8, 4) is 5.75 Å². The van der Waals surface area contributed by atoms with Crippen molar-refractivity contribution in [1.29, 1.82) is 0 Å². The lowest BCUT2D eigenvalue weighted by atomic mass is 10.1. The molecule has 156 valence electrons. The zero-order valence-corrected chi connectivity index (χ0v) is 16.3. The van der Waals surface area contributed by atoms with Gasteiger partial charge in [-0.2, -0.15) is 13.8 Å². The topological polar surface area (TPSA) is 115 Å². The van der Waals surface area contributed by atoms with E-state index in [0.717, 1.165) is 17.3 Å². The van der Waals surface area contributed by atoms with E-state index in [1.54, 1.807) is 26.0 Å². The van der Waals surface area contributed by atoms with Gasteiger partial charge in [-0.05, 0) is 43.2 Å². The number of hydrogen-bond donors (Lipinski definition) is 1. The molecule has 0 aliphatic carbocycles. The average molecular weight is 429 g/mol. The molecule has 29 heavy (non-hydrogen) atoms. The lowest BCUT2D eigenvalue weighted by Crippen LogP contribution is -2.45. The molecule has 2 aliphatic heterocycles. The number of aryl methyl sites for hydroxylation is 2. The van der Waals surface area contributed by atoms with Gasteiger partial charge in [0.1, 0.15) is 17.7 Å². The number of nitrogen functional groups attached to an aromatic ring is 1. The Balaban J connectivity index is 1.60. The van der Waals surface area contributed by atoms with Crippen LogP contribution in [0.1, 0.15) is 17.4 Å². The van der Waals surface area contributed by atoms with E-state index < -0.39 is 44.5 Å². The highest BCUT2D eigenvalue weighted by Crippen LogP contribution is 2.59. The molecule has 9 nitrogen and oxygen atoms in total. The predicted octanol–water partition coefficient (Wildman–Crippen LogP) is 2.58. The van der Waals surface area contributed by atoms with Crippen LogP contribution in [-0.4, -0.2) is 34.3 Å². The highest BCUT2D eigenvalue weighted by Gasteiger charge is 2.65. The molecule has 12 heteroatoms. The minimum absolute atomic E-state index is 0.115. The summed E-state index contributed by atoms with van der Waals surface area (Å²) in [6, 6.07) is 6.21. The second-order valence-corrected chi connectivity index (χ2v) is 8.47. The third kappa shape index (κ3) is 3.66. The fourth-order valence-corrected chi connectivity index (χ4v) is 4.74. The van der Waals surface area contributed by atoms with E-state index in [2.05, 4.69) is 4.98 Å². The Morgan fingerprint density at radius 3 is 2.66 bits per heavy atom. The van der Waals surface area contributed by atoms with Gasteiger partial charge in [-0.25, -0.2) is 9.36 Å². The Morgan fingerprint density at radius 1 is 1.31 bits per heavy atom. The van der Waals surface area contributed by atoms with E-state index in [1.165, 1.54) is 6.07 Å². The predicted molar refractivity (Wildman–Crippen MR) is 96.7 cm³/mol. The van der Waals surface area contributed by atoms with Gasteiger partial charge in [-0.3, -0.25) is 13.6 Å². The first-order chi connectivity index (χ1) is 13.6. The summed E-state index contributed by atoms with van der Waals surface area (Å²) in [5, 5.41) is 0. The third-order valence-electron chi connectivity index (χ3n) is 4.51. The summed E-state index contributed by atoms with van der Waals surface area (Å²) in [6.45, 7) is 3.14. The molecule has 0 amide bonds. The van der Waals surface area contributed by atoms with Gasteiger partial charge < -0.3 is 15.0 Å². The summed E-state index contributed by atoms with van der Waals surface area (Å²) < 4.78 is 64.3. The van der Waals surface area contributed by atoms with Crippen LogP contribution in [-0.2, 0) is 18.3 Å². The number of benzene rings is 1. The van der Waals surface area contributed by atoms with Crippen LogP contribution in [0, 0.1) is 13.8 Å². The van der Waals surface area contributed by atoms with Crippen LogP contribution in [0.5, 0.6) is 5.75 Å². The van der Waals surface area contributed by atoms with Gasteiger partial charge in [0, 0.05) is 6.20 Å². The van der Waals surface area contributed by atoms with E-state index in [1.807, 2.05) is 6.07 Å². The highest BCUT2D eigenvalue weighted by molar-refractivity contribution is 7.49. The Morgan fingerprint density at radius 2 is 2.00 bits per heavy atom. The number of phosphoric ester groups is 1. The number of hydrogen-bond acceptors (Lipinski definition) is 8. The molecular formula is C17H18F2N3O6P. The molecule has 1 aromatic carbocycles. The minimum atomic E-state index is -4.35. The summed E-state index contributed by atoms with van der Waals surface area (Å²) in [7, 11) is -4.35. The summed E-state index contributed by atoms with van der Waals surface area (Å²) in [5.74, 6) is -3.66. The zero-order valence-electron chi connectivity index (χ0n) is 15.5. The van der Waals surface area contributed by atoms with Crippen molar-refractivity contribution in [3.63, 3.8) is 0 Å². The first-order valence-electron chi connectivity index (χ1n) is 8.66. The van der Waals surface area contributed by atoms with Crippen LogP contribution in [0.4, 0.5) is 14.6 Å². The summed E-state index contributed by atoms with van der Waals surface area (Å²) in [6.07, 6.45) is -4.17. The zero-order chi connectivity index (χ0) is 21.0.